The van der Waals surface area contributed by atoms with Crippen LogP contribution in [-0.4, -0.2) is 14.1 Å². The van der Waals surface area contributed by atoms with Crippen LogP contribution in [0.15, 0.2) is 72.8 Å². The van der Waals surface area contributed by atoms with Crippen LogP contribution in [0.2, 0.25) is 0 Å². The van der Waals surface area contributed by atoms with Crippen LogP contribution in [0.1, 0.15) is 16.7 Å². The smallest absolute Gasteiger partial charge is 0.0361 e. The molecule has 0 spiro atoms. The van der Waals surface area contributed by atoms with Crippen molar-refractivity contribution in [1.82, 2.24) is 0 Å². The predicted octanol–water partition coefficient (Wildman–Crippen LogP) is 4.80. The molecule has 0 aliphatic carbocycles. The van der Waals surface area contributed by atoms with Crippen molar-refractivity contribution in [1.29, 1.82) is 0 Å². The van der Waals surface area contributed by atoms with Crippen molar-refractivity contribution in [3.8, 4) is 35.3 Å². The maximum absolute atomic E-state index is 5.36. The van der Waals surface area contributed by atoms with E-state index in [4.69, 9.17) is 6.42 Å². The van der Waals surface area contributed by atoms with E-state index >= 15 is 0 Å². The summed E-state index contributed by atoms with van der Waals surface area (Å²) >= 11 is 0. The van der Waals surface area contributed by atoms with Crippen LogP contribution >= 0.6 is 0 Å². The van der Waals surface area contributed by atoms with Gasteiger partial charge in [0.1, 0.15) is 0 Å². The first-order valence-electron chi connectivity index (χ1n) is 8.12. The van der Waals surface area contributed by atoms with Gasteiger partial charge in [0.25, 0.3) is 0 Å². The van der Waals surface area contributed by atoms with Crippen LogP contribution in [-0.2, 0) is 0 Å². The maximum atomic E-state index is 5.36. The molecule has 1 nitrogen and oxygen atoms in total. The second-order valence-electron chi connectivity index (χ2n) is 5.99. The topological polar surface area (TPSA) is 3.24 Å². The van der Waals surface area contributed by atoms with Gasteiger partial charge in [0, 0.05) is 36.5 Å². The average Bonchev–Trinajstić information content (AvgIpc) is 2.67. The quantitative estimate of drug-likeness (QED) is 0.613. The summed E-state index contributed by atoms with van der Waals surface area (Å²) in [4.78, 5) is 2.10. The molecule has 0 saturated heterocycles. The zero-order chi connectivity index (χ0) is 17.6. The van der Waals surface area contributed by atoms with Crippen molar-refractivity contribution < 1.29 is 0 Å². The molecule has 0 unspecified atom stereocenters. The van der Waals surface area contributed by atoms with Crippen molar-refractivity contribution >= 4 is 5.69 Å². The molecule has 0 aliphatic heterocycles. The predicted molar refractivity (Wildman–Crippen MR) is 107 cm³/mol. The number of rotatable bonds is 2. The van der Waals surface area contributed by atoms with Crippen molar-refractivity contribution in [2.75, 3.05) is 19.0 Å². The fourth-order valence-corrected chi connectivity index (χ4v) is 2.49. The second kappa shape index (κ2) is 7.43. The summed E-state index contributed by atoms with van der Waals surface area (Å²) in [7, 11) is 4.09. The fourth-order valence-electron chi connectivity index (χ4n) is 2.49. The molecule has 0 aliphatic rings. The lowest BCUT2D eigenvalue weighted by molar-refractivity contribution is 1.13. The molecule has 3 rings (SSSR count). The van der Waals surface area contributed by atoms with Crippen LogP contribution < -0.4 is 4.90 Å². The largest absolute Gasteiger partial charge is 0.378 e. The third-order valence-corrected chi connectivity index (χ3v) is 4.00. The van der Waals surface area contributed by atoms with Gasteiger partial charge >= 0.3 is 0 Å². The Morgan fingerprint density at radius 1 is 0.600 bits per heavy atom. The minimum absolute atomic E-state index is 0.871. The zero-order valence-corrected chi connectivity index (χ0v) is 14.5. The summed E-state index contributed by atoms with van der Waals surface area (Å²) in [5.41, 5.74) is 6.42. The Bertz CT molecular complexity index is 942. The van der Waals surface area contributed by atoms with Gasteiger partial charge in [-0.15, -0.1) is 6.42 Å². The SMILES string of the molecule is C#Cc1ccc(C#Cc2ccc(-c3ccc(N(C)C)cc3)cc2)cc1. The highest BCUT2D eigenvalue weighted by molar-refractivity contribution is 5.67. The molecular formula is C24H19N. The summed E-state index contributed by atoms with van der Waals surface area (Å²) in [6, 6.07) is 24.6. The Morgan fingerprint density at radius 2 is 1.00 bits per heavy atom. The van der Waals surface area contributed by atoms with Gasteiger partial charge in [-0.05, 0) is 59.7 Å². The lowest BCUT2D eigenvalue weighted by Crippen LogP contribution is -2.07. The zero-order valence-electron chi connectivity index (χ0n) is 14.5. The minimum atomic E-state index is 0.871. The Hall–Kier alpha value is -3.42. The summed E-state index contributed by atoms with van der Waals surface area (Å²) in [5.74, 6) is 8.97. The third-order valence-electron chi connectivity index (χ3n) is 4.00. The molecule has 0 atom stereocenters. The minimum Gasteiger partial charge on any atom is -0.378 e. The molecule has 120 valence electrons. The lowest BCUT2D eigenvalue weighted by Gasteiger charge is -2.12. The fraction of sp³-hybridized carbons (Fsp3) is 0.0833. The van der Waals surface area contributed by atoms with Crippen LogP contribution in [0.25, 0.3) is 11.1 Å². The molecule has 0 radical (unpaired) electrons. The normalized spacial score (nSPS) is 9.64. The number of terminal acetylenes is 1. The Balaban J connectivity index is 1.76. The molecule has 3 aromatic rings. The van der Waals surface area contributed by atoms with Gasteiger partial charge in [-0.3, -0.25) is 0 Å². The molecular weight excluding hydrogens is 302 g/mol. The first kappa shape index (κ1) is 16.4. The molecule has 0 saturated carbocycles. The highest BCUT2D eigenvalue weighted by atomic mass is 15.1. The number of nitrogens with zero attached hydrogens (tertiary/aromatic N) is 1. The van der Waals surface area contributed by atoms with E-state index < -0.39 is 0 Å². The highest BCUT2D eigenvalue weighted by Crippen LogP contribution is 2.22. The van der Waals surface area contributed by atoms with E-state index in [1.165, 1.54) is 16.8 Å². The van der Waals surface area contributed by atoms with E-state index in [0.717, 1.165) is 16.7 Å². The molecule has 25 heavy (non-hydrogen) atoms. The van der Waals surface area contributed by atoms with Crippen LogP contribution in [0.5, 0.6) is 0 Å². The molecule has 3 aromatic carbocycles. The first-order valence-corrected chi connectivity index (χ1v) is 8.12. The summed E-state index contributed by atoms with van der Waals surface area (Å²) in [5, 5.41) is 0. The second-order valence-corrected chi connectivity index (χ2v) is 5.99. The highest BCUT2D eigenvalue weighted by Gasteiger charge is 1.99. The van der Waals surface area contributed by atoms with E-state index in [1.54, 1.807) is 0 Å². The number of benzene rings is 3. The Kier molecular flexibility index (Phi) is 4.89. The first-order chi connectivity index (χ1) is 12.2. The van der Waals surface area contributed by atoms with Crippen LogP contribution in [0.3, 0.4) is 0 Å². The standard InChI is InChI=1S/C24H19N/c1-4-19-5-7-20(8-6-19)9-10-21-11-13-22(14-12-21)23-15-17-24(18-16-23)25(2)3/h1,5-8,11-18H,2-3H3. The lowest BCUT2D eigenvalue weighted by atomic mass is 10.0. The van der Waals surface area contributed by atoms with Gasteiger partial charge in [-0.1, -0.05) is 42.0 Å². The molecule has 0 amide bonds. The number of anilines is 1. The average molecular weight is 321 g/mol. The van der Waals surface area contributed by atoms with Gasteiger partial charge in [0.05, 0.1) is 0 Å². The van der Waals surface area contributed by atoms with E-state index in [9.17, 15) is 0 Å². The summed E-state index contributed by atoms with van der Waals surface area (Å²) in [6.45, 7) is 0. The van der Waals surface area contributed by atoms with Crippen molar-refractivity contribution in [2.45, 2.75) is 0 Å². The van der Waals surface area contributed by atoms with Gasteiger partial charge in [-0.2, -0.15) is 0 Å². The van der Waals surface area contributed by atoms with Crippen LogP contribution in [0, 0.1) is 24.2 Å². The van der Waals surface area contributed by atoms with E-state index in [1.807, 2.05) is 38.4 Å². The van der Waals surface area contributed by atoms with E-state index in [0.29, 0.717) is 0 Å². The molecule has 0 heterocycles. The third kappa shape index (κ3) is 4.11. The Labute approximate surface area is 149 Å². The van der Waals surface area contributed by atoms with Crippen molar-refractivity contribution in [2.24, 2.45) is 0 Å². The molecule has 0 bridgehead atoms. The van der Waals surface area contributed by atoms with Crippen molar-refractivity contribution in [3.05, 3.63) is 89.5 Å². The number of hydrogen-bond donors (Lipinski definition) is 0. The number of hydrogen-bond acceptors (Lipinski definition) is 1. The van der Waals surface area contributed by atoms with E-state index in [2.05, 4.69) is 71.2 Å². The van der Waals surface area contributed by atoms with Crippen LogP contribution in [0.4, 0.5) is 5.69 Å². The van der Waals surface area contributed by atoms with Gasteiger partial charge in [0.15, 0.2) is 0 Å². The van der Waals surface area contributed by atoms with Crippen molar-refractivity contribution in [3.63, 3.8) is 0 Å². The molecule has 1 heteroatoms. The molecule has 0 aromatic heterocycles. The summed E-state index contributed by atoms with van der Waals surface area (Å²) in [6.07, 6.45) is 5.36. The molecule has 0 fully saturated rings. The molecule has 0 N–H and O–H groups in total. The van der Waals surface area contributed by atoms with Gasteiger partial charge in [-0.25, -0.2) is 0 Å². The van der Waals surface area contributed by atoms with E-state index in [-0.39, 0.29) is 0 Å². The summed E-state index contributed by atoms with van der Waals surface area (Å²) < 4.78 is 0. The Morgan fingerprint density at radius 3 is 1.44 bits per heavy atom. The van der Waals surface area contributed by atoms with Gasteiger partial charge in [0.2, 0.25) is 0 Å². The van der Waals surface area contributed by atoms with Gasteiger partial charge < -0.3 is 4.90 Å². The maximum Gasteiger partial charge on any atom is 0.0361 e. The monoisotopic (exact) mass is 321 g/mol.